The molecule has 0 bridgehead atoms. The molecule has 4 nitrogen and oxygen atoms in total. The highest BCUT2D eigenvalue weighted by Gasteiger charge is 2.52. The summed E-state index contributed by atoms with van der Waals surface area (Å²) in [4.78, 5) is 24.3. The van der Waals surface area contributed by atoms with E-state index in [0.29, 0.717) is 12.0 Å². The molecule has 0 radical (unpaired) electrons. The second kappa shape index (κ2) is 6.48. The predicted octanol–water partition coefficient (Wildman–Crippen LogP) is 2.98. The zero-order valence-electron chi connectivity index (χ0n) is 13.9. The predicted molar refractivity (Wildman–Crippen MR) is 91.5 cm³/mol. The van der Waals surface area contributed by atoms with Gasteiger partial charge in [-0.2, -0.15) is 0 Å². The Bertz CT molecular complexity index is 725. The van der Waals surface area contributed by atoms with Gasteiger partial charge in [-0.05, 0) is 31.5 Å². The third-order valence-electron chi connectivity index (χ3n) is 4.57. The zero-order valence-corrected chi connectivity index (χ0v) is 13.9. The average molecular weight is 323 g/mol. The molecule has 0 spiro atoms. The molecule has 2 unspecified atom stereocenters. The number of β-lactam (4-membered cyclic amide) rings is 1. The zero-order chi connectivity index (χ0) is 17.2. The molecule has 1 N–H and O–H groups in total. The first-order valence-corrected chi connectivity index (χ1v) is 8.09. The number of hydrogen-bond acceptors (Lipinski definition) is 3. The van der Waals surface area contributed by atoms with Gasteiger partial charge in [-0.3, -0.25) is 4.79 Å². The summed E-state index contributed by atoms with van der Waals surface area (Å²) in [6.45, 7) is 3.76. The van der Waals surface area contributed by atoms with Gasteiger partial charge in [-0.15, -0.1) is 0 Å². The van der Waals surface area contributed by atoms with Crippen LogP contribution in [-0.4, -0.2) is 24.0 Å². The van der Waals surface area contributed by atoms with Gasteiger partial charge in [0.15, 0.2) is 0 Å². The van der Waals surface area contributed by atoms with Crippen LogP contribution in [0, 0.1) is 5.41 Å². The van der Waals surface area contributed by atoms with Gasteiger partial charge in [0, 0.05) is 6.42 Å². The minimum atomic E-state index is -0.545. The second-order valence-corrected chi connectivity index (χ2v) is 6.67. The molecule has 0 aromatic heterocycles. The molecule has 1 fully saturated rings. The lowest BCUT2D eigenvalue weighted by atomic mass is 9.72. The molecule has 2 atom stereocenters. The van der Waals surface area contributed by atoms with Crippen molar-refractivity contribution in [3.63, 3.8) is 0 Å². The van der Waals surface area contributed by atoms with Crippen molar-refractivity contribution in [3.8, 4) is 0 Å². The highest BCUT2D eigenvalue weighted by molar-refractivity contribution is 5.91. The summed E-state index contributed by atoms with van der Waals surface area (Å²) in [5.74, 6) is -0.380. The van der Waals surface area contributed by atoms with E-state index in [1.165, 1.54) is 0 Å². The van der Waals surface area contributed by atoms with Gasteiger partial charge in [-0.25, -0.2) is 4.79 Å². The Kier molecular flexibility index (Phi) is 4.38. The van der Waals surface area contributed by atoms with E-state index in [4.69, 9.17) is 4.74 Å². The SMILES string of the molecule is CC1(C)C(=O)NC1C(Cc1ccccc1)OC(=O)c1ccccc1. The lowest BCUT2D eigenvalue weighted by Gasteiger charge is -2.47. The Morgan fingerprint density at radius 3 is 2.21 bits per heavy atom. The van der Waals surface area contributed by atoms with Crippen LogP contribution >= 0.6 is 0 Å². The Balaban J connectivity index is 1.80. The van der Waals surface area contributed by atoms with Crippen LogP contribution in [0.5, 0.6) is 0 Å². The highest BCUT2D eigenvalue weighted by Crippen LogP contribution is 2.34. The Labute approximate surface area is 141 Å². The molecule has 0 saturated carbocycles. The van der Waals surface area contributed by atoms with Gasteiger partial charge in [0.05, 0.1) is 17.0 Å². The number of esters is 1. The van der Waals surface area contributed by atoms with E-state index < -0.39 is 11.5 Å². The maximum atomic E-state index is 12.4. The summed E-state index contributed by atoms with van der Waals surface area (Å²) in [6, 6.07) is 18.6. The molecule has 3 rings (SSSR count). The third kappa shape index (κ3) is 3.18. The van der Waals surface area contributed by atoms with Crippen molar-refractivity contribution in [2.24, 2.45) is 5.41 Å². The van der Waals surface area contributed by atoms with E-state index in [-0.39, 0.29) is 17.9 Å². The number of carbonyl (C=O) groups excluding carboxylic acids is 2. The quantitative estimate of drug-likeness (QED) is 0.680. The van der Waals surface area contributed by atoms with Gasteiger partial charge < -0.3 is 10.1 Å². The van der Waals surface area contributed by atoms with E-state index in [2.05, 4.69) is 5.32 Å². The minimum absolute atomic E-state index is 0.0127. The molecule has 2 aromatic carbocycles. The van der Waals surface area contributed by atoms with E-state index in [9.17, 15) is 9.59 Å². The average Bonchev–Trinajstić information content (AvgIpc) is 2.60. The Morgan fingerprint density at radius 2 is 1.67 bits per heavy atom. The number of ether oxygens (including phenoxy) is 1. The maximum Gasteiger partial charge on any atom is 0.338 e. The van der Waals surface area contributed by atoms with Gasteiger partial charge >= 0.3 is 5.97 Å². The minimum Gasteiger partial charge on any atom is -0.456 e. The van der Waals surface area contributed by atoms with Crippen LogP contribution < -0.4 is 5.32 Å². The van der Waals surface area contributed by atoms with Crippen molar-refractivity contribution in [1.82, 2.24) is 5.32 Å². The van der Waals surface area contributed by atoms with Crippen molar-refractivity contribution < 1.29 is 14.3 Å². The van der Waals surface area contributed by atoms with Crippen molar-refractivity contribution in [1.29, 1.82) is 0 Å². The Morgan fingerprint density at radius 1 is 1.08 bits per heavy atom. The number of nitrogens with one attached hydrogen (secondary N) is 1. The van der Waals surface area contributed by atoms with E-state index in [1.54, 1.807) is 24.3 Å². The summed E-state index contributed by atoms with van der Waals surface area (Å²) in [5, 5.41) is 2.89. The lowest BCUT2D eigenvalue weighted by molar-refractivity contribution is -0.148. The summed E-state index contributed by atoms with van der Waals surface area (Å²) in [5.41, 5.74) is 1.04. The van der Waals surface area contributed by atoms with Gasteiger partial charge in [0.2, 0.25) is 5.91 Å². The topological polar surface area (TPSA) is 55.4 Å². The first kappa shape index (κ1) is 16.2. The van der Waals surface area contributed by atoms with Crippen molar-refractivity contribution >= 4 is 11.9 Å². The van der Waals surface area contributed by atoms with Crippen LogP contribution in [0.1, 0.15) is 29.8 Å². The molecule has 2 aromatic rings. The molecular weight excluding hydrogens is 302 g/mol. The van der Waals surface area contributed by atoms with Crippen LogP contribution in [0.15, 0.2) is 60.7 Å². The van der Waals surface area contributed by atoms with E-state index >= 15 is 0 Å². The third-order valence-corrected chi connectivity index (χ3v) is 4.57. The molecule has 4 heteroatoms. The number of carbonyl (C=O) groups is 2. The smallest absolute Gasteiger partial charge is 0.338 e. The normalized spacial score (nSPS) is 19.8. The van der Waals surface area contributed by atoms with E-state index in [1.807, 2.05) is 50.2 Å². The number of benzene rings is 2. The van der Waals surface area contributed by atoms with Crippen molar-refractivity contribution in [2.45, 2.75) is 32.4 Å². The first-order valence-electron chi connectivity index (χ1n) is 8.09. The Hall–Kier alpha value is -2.62. The van der Waals surface area contributed by atoms with Crippen LogP contribution in [0.3, 0.4) is 0 Å². The van der Waals surface area contributed by atoms with Crippen molar-refractivity contribution in [2.75, 3.05) is 0 Å². The molecule has 24 heavy (non-hydrogen) atoms. The number of amides is 1. The number of rotatable bonds is 5. The summed E-state index contributed by atoms with van der Waals surface area (Å²) < 4.78 is 5.77. The van der Waals surface area contributed by atoms with Gasteiger partial charge in [-0.1, -0.05) is 48.5 Å². The largest absolute Gasteiger partial charge is 0.456 e. The van der Waals surface area contributed by atoms with Gasteiger partial charge in [0.25, 0.3) is 0 Å². The molecule has 1 saturated heterocycles. The lowest BCUT2D eigenvalue weighted by Crippen LogP contribution is -2.69. The number of hydrogen-bond donors (Lipinski definition) is 1. The van der Waals surface area contributed by atoms with E-state index in [0.717, 1.165) is 5.56 Å². The molecule has 1 aliphatic heterocycles. The fourth-order valence-electron chi connectivity index (χ4n) is 2.98. The van der Waals surface area contributed by atoms with Crippen LogP contribution in [0.25, 0.3) is 0 Å². The van der Waals surface area contributed by atoms with Gasteiger partial charge in [0.1, 0.15) is 6.10 Å². The van der Waals surface area contributed by atoms with Crippen LogP contribution in [0.4, 0.5) is 0 Å². The fraction of sp³-hybridized carbons (Fsp3) is 0.300. The molecule has 1 aliphatic rings. The summed E-state index contributed by atoms with van der Waals surface area (Å²) >= 11 is 0. The second-order valence-electron chi connectivity index (χ2n) is 6.67. The summed E-state index contributed by atoms with van der Waals surface area (Å²) in [6.07, 6.45) is 0.154. The van der Waals surface area contributed by atoms with Crippen LogP contribution in [-0.2, 0) is 16.0 Å². The van der Waals surface area contributed by atoms with Crippen molar-refractivity contribution in [3.05, 3.63) is 71.8 Å². The monoisotopic (exact) mass is 323 g/mol. The molecule has 1 heterocycles. The fourth-order valence-corrected chi connectivity index (χ4v) is 2.98. The summed E-state index contributed by atoms with van der Waals surface area (Å²) in [7, 11) is 0. The standard InChI is InChI=1S/C20H21NO3/c1-20(2)17(21-19(20)23)16(13-14-9-5-3-6-10-14)24-18(22)15-11-7-4-8-12-15/h3-12,16-17H,13H2,1-2H3,(H,21,23). The molecular formula is C20H21NO3. The first-order chi connectivity index (χ1) is 11.5. The maximum absolute atomic E-state index is 12.4. The highest BCUT2D eigenvalue weighted by atomic mass is 16.5. The molecule has 1 amide bonds. The van der Waals surface area contributed by atoms with Crippen LogP contribution in [0.2, 0.25) is 0 Å². The molecule has 0 aliphatic carbocycles. The molecule has 124 valence electrons.